The third kappa shape index (κ3) is 2.26. The van der Waals surface area contributed by atoms with Gasteiger partial charge in [-0.2, -0.15) is 0 Å². The monoisotopic (exact) mass is 340 g/mol. The van der Waals surface area contributed by atoms with E-state index in [1.54, 1.807) is 0 Å². The number of benzene rings is 4. The normalized spacial score (nSPS) is 11.4. The molecule has 0 radical (unpaired) electrons. The lowest BCUT2D eigenvalue weighted by Gasteiger charge is -2.10. The molecule has 25 heavy (non-hydrogen) atoms. The van der Waals surface area contributed by atoms with E-state index in [4.69, 9.17) is 16.6 Å². The molecule has 1 aromatic heterocycles. The van der Waals surface area contributed by atoms with Crippen molar-refractivity contribution < 1.29 is 0 Å². The molecular formula is C22H13ClN2. The van der Waals surface area contributed by atoms with Crippen LogP contribution in [0.1, 0.15) is 0 Å². The maximum Gasteiger partial charge on any atom is 0.159 e. The standard InChI is InChI=1S/C22H13ClN2/c23-15-7-5-6-14(12-15)22-24-13-20-18-10-2-1-8-16(18)17-9-3-4-11-19(17)21(20)25-22/h1-13H. The van der Waals surface area contributed by atoms with E-state index in [0.717, 1.165) is 21.9 Å². The van der Waals surface area contributed by atoms with Gasteiger partial charge in [-0.1, -0.05) is 72.3 Å². The summed E-state index contributed by atoms with van der Waals surface area (Å²) < 4.78 is 0. The van der Waals surface area contributed by atoms with Crippen molar-refractivity contribution in [3.8, 4) is 11.4 Å². The molecule has 2 nitrogen and oxygen atoms in total. The number of nitrogens with zero attached hydrogens (tertiary/aromatic N) is 2. The first kappa shape index (κ1) is 14.4. The lowest BCUT2D eigenvalue weighted by molar-refractivity contribution is 1.23. The zero-order valence-electron chi connectivity index (χ0n) is 13.3. The first-order valence-corrected chi connectivity index (χ1v) is 8.51. The van der Waals surface area contributed by atoms with Gasteiger partial charge in [0.25, 0.3) is 0 Å². The van der Waals surface area contributed by atoms with Crippen LogP contribution >= 0.6 is 11.6 Å². The quantitative estimate of drug-likeness (QED) is 0.337. The Morgan fingerprint density at radius 3 is 2.00 bits per heavy atom. The van der Waals surface area contributed by atoms with Gasteiger partial charge >= 0.3 is 0 Å². The van der Waals surface area contributed by atoms with Gasteiger partial charge in [-0.3, -0.25) is 0 Å². The van der Waals surface area contributed by atoms with Crippen LogP contribution in [0.5, 0.6) is 0 Å². The Bertz CT molecular complexity index is 1230. The molecule has 0 unspecified atom stereocenters. The summed E-state index contributed by atoms with van der Waals surface area (Å²) in [5.74, 6) is 0.690. The summed E-state index contributed by atoms with van der Waals surface area (Å²) in [6.45, 7) is 0. The fraction of sp³-hybridized carbons (Fsp3) is 0. The summed E-state index contributed by atoms with van der Waals surface area (Å²) in [5.41, 5.74) is 1.89. The first-order valence-electron chi connectivity index (χ1n) is 8.13. The molecule has 4 aromatic carbocycles. The Labute approximate surface area is 149 Å². The molecule has 0 aliphatic rings. The molecule has 0 N–H and O–H groups in total. The molecular weight excluding hydrogens is 328 g/mol. The van der Waals surface area contributed by atoms with Crippen molar-refractivity contribution in [1.82, 2.24) is 9.97 Å². The topological polar surface area (TPSA) is 25.8 Å². The molecule has 5 aromatic rings. The van der Waals surface area contributed by atoms with E-state index in [2.05, 4.69) is 53.5 Å². The summed E-state index contributed by atoms with van der Waals surface area (Å²) in [5, 5.41) is 6.51. The molecule has 0 amide bonds. The van der Waals surface area contributed by atoms with Crippen LogP contribution in [0.2, 0.25) is 5.02 Å². The zero-order chi connectivity index (χ0) is 16.8. The highest BCUT2D eigenvalue weighted by molar-refractivity contribution is 6.30. The van der Waals surface area contributed by atoms with E-state index in [1.807, 2.05) is 30.5 Å². The molecule has 1 heterocycles. The molecule has 5 rings (SSSR count). The minimum absolute atomic E-state index is 0.685. The van der Waals surface area contributed by atoms with Gasteiger partial charge < -0.3 is 0 Å². The van der Waals surface area contributed by atoms with Crippen LogP contribution in [-0.4, -0.2) is 9.97 Å². The van der Waals surface area contributed by atoms with E-state index in [1.165, 1.54) is 16.2 Å². The highest BCUT2D eigenvalue weighted by Crippen LogP contribution is 2.34. The minimum atomic E-state index is 0.685. The van der Waals surface area contributed by atoms with Crippen LogP contribution in [0.15, 0.2) is 79.0 Å². The van der Waals surface area contributed by atoms with Gasteiger partial charge in [-0.05, 0) is 28.3 Å². The molecule has 0 spiro atoms. The van der Waals surface area contributed by atoms with Gasteiger partial charge in [0.1, 0.15) is 0 Å². The predicted octanol–water partition coefficient (Wildman–Crippen LogP) is 6.26. The van der Waals surface area contributed by atoms with Crippen LogP contribution in [0, 0.1) is 0 Å². The van der Waals surface area contributed by atoms with Crippen LogP contribution in [-0.2, 0) is 0 Å². The van der Waals surface area contributed by atoms with E-state index in [9.17, 15) is 0 Å². The van der Waals surface area contributed by atoms with Gasteiger partial charge in [0.15, 0.2) is 5.82 Å². The minimum Gasteiger partial charge on any atom is -0.236 e. The summed E-state index contributed by atoms with van der Waals surface area (Å²) >= 11 is 6.13. The molecule has 0 saturated heterocycles. The Morgan fingerprint density at radius 1 is 0.640 bits per heavy atom. The van der Waals surface area contributed by atoms with Gasteiger partial charge in [-0.25, -0.2) is 9.97 Å². The van der Waals surface area contributed by atoms with Crippen molar-refractivity contribution in [1.29, 1.82) is 0 Å². The van der Waals surface area contributed by atoms with Gasteiger partial charge in [0, 0.05) is 27.6 Å². The number of halogens is 1. The van der Waals surface area contributed by atoms with E-state index >= 15 is 0 Å². The van der Waals surface area contributed by atoms with Crippen LogP contribution in [0.3, 0.4) is 0 Å². The molecule has 0 saturated carbocycles. The average molecular weight is 341 g/mol. The molecule has 0 aliphatic carbocycles. The fourth-order valence-electron chi connectivity index (χ4n) is 3.43. The number of hydrogen-bond donors (Lipinski definition) is 0. The summed E-state index contributed by atoms with van der Waals surface area (Å²) in [6.07, 6.45) is 1.92. The second-order valence-electron chi connectivity index (χ2n) is 6.06. The number of hydrogen-bond acceptors (Lipinski definition) is 2. The van der Waals surface area contributed by atoms with E-state index in [-0.39, 0.29) is 0 Å². The Kier molecular flexibility index (Phi) is 3.19. The number of rotatable bonds is 1. The molecule has 0 bridgehead atoms. The lowest BCUT2D eigenvalue weighted by atomic mass is 9.98. The molecule has 0 fully saturated rings. The molecule has 0 aliphatic heterocycles. The SMILES string of the molecule is Clc1cccc(-c2ncc3c4ccccc4c4ccccc4c3n2)c1. The second-order valence-corrected chi connectivity index (χ2v) is 6.49. The highest BCUT2D eigenvalue weighted by Gasteiger charge is 2.11. The van der Waals surface area contributed by atoms with Gasteiger partial charge in [0.2, 0.25) is 0 Å². The first-order chi connectivity index (χ1) is 12.3. The second kappa shape index (κ2) is 5.54. The summed E-state index contributed by atoms with van der Waals surface area (Å²) in [7, 11) is 0. The zero-order valence-corrected chi connectivity index (χ0v) is 14.0. The Morgan fingerprint density at radius 2 is 1.28 bits per heavy atom. The predicted molar refractivity (Wildman–Crippen MR) is 105 cm³/mol. The van der Waals surface area contributed by atoms with Crippen molar-refractivity contribution in [2.75, 3.05) is 0 Å². The smallest absolute Gasteiger partial charge is 0.159 e. The van der Waals surface area contributed by atoms with Crippen molar-refractivity contribution in [3.63, 3.8) is 0 Å². The third-order valence-corrected chi connectivity index (χ3v) is 4.80. The van der Waals surface area contributed by atoms with Crippen molar-refractivity contribution in [2.24, 2.45) is 0 Å². The van der Waals surface area contributed by atoms with Crippen LogP contribution in [0.25, 0.3) is 43.8 Å². The van der Waals surface area contributed by atoms with E-state index < -0.39 is 0 Å². The van der Waals surface area contributed by atoms with Crippen molar-refractivity contribution >= 4 is 44.0 Å². The maximum absolute atomic E-state index is 6.13. The maximum atomic E-state index is 6.13. The van der Waals surface area contributed by atoms with Crippen LogP contribution < -0.4 is 0 Å². The Balaban J connectivity index is 1.93. The average Bonchev–Trinajstić information content (AvgIpc) is 2.68. The van der Waals surface area contributed by atoms with E-state index in [0.29, 0.717) is 10.8 Å². The summed E-state index contributed by atoms with van der Waals surface area (Å²) in [4.78, 5) is 9.50. The largest absolute Gasteiger partial charge is 0.236 e. The summed E-state index contributed by atoms with van der Waals surface area (Å²) in [6, 6.07) is 24.5. The Hall–Kier alpha value is -2.97. The highest BCUT2D eigenvalue weighted by atomic mass is 35.5. The number of fused-ring (bicyclic) bond motifs is 6. The molecule has 0 atom stereocenters. The lowest BCUT2D eigenvalue weighted by Crippen LogP contribution is -1.92. The fourth-order valence-corrected chi connectivity index (χ4v) is 3.62. The van der Waals surface area contributed by atoms with Crippen LogP contribution in [0.4, 0.5) is 0 Å². The molecule has 3 heteroatoms. The third-order valence-electron chi connectivity index (χ3n) is 4.56. The van der Waals surface area contributed by atoms with Gasteiger partial charge in [-0.15, -0.1) is 0 Å². The van der Waals surface area contributed by atoms with Crippen molar-refractivity contribution in [2.45, 2.75) is 0 Å². The molecule has 118 valence electrons. The number of aromatic nitrogens is 2. The van der Waals surface area contributed by atoms with Crippen molar-refractivity contribution in [3.05, 3.63) is 84.0 Å². The van der Waals surface area contributed by atoms with Gasteiger partial charge in [0.05, 0.1) is 5.52 Å².